The molecule has 0 aliphatic heterocycles. The van der Waals surface area contributed by atoms with E-state index in [1.54, 1.807) is 6.07 Å². The van der Waals surface area contributed by atoms with E-state index in [0.29, 0.717) is 19.5 Å². The van der Waals surface area contributed by atoms with Gasteiger partial charge < -0.3 is 15.5 Å². The summed E-state index contributed by atoms with van der Waals surface area (Å²) >= 11 is 0. The van der Waals surface area contributed by atoms with Crippen molar-refractivity contribution in [3.8, 4) is 5.75 Å². The first-order chi connectivity index (χ1) is 7.13. The number of aliphatic hydroxyl groups excluding tert-OH is 1. The smallest absolute Gasteiger partial charge is 0.165 e. The van der Waals surface area contributed by atoms with Gasteiger partial charge in [0, 0.05) is 13.1 Å². The van der Waals surface area contributed by atoms with Gasteiger partial charge in [-0.2, -0.15) is 0 Å². The van der Waals surface area contributed by atoms with Crippen molar-refractivity contribution < 1.29 is 14.6 Å². The van der Waals surface area contributed by atoms with Gasteiger partial charge in [-0.15, -0.1) is 0 Å². The average molecular weight is 213 g/mol. The number of nitrogens with one attached hydrogen (secondary N) is 1. The van der Waals surface area contributed by atoms with Gasteiger partial charge in [0.15, 0.2) is 11.6 Å². The Morgan fingerprint density at radius 2 is 2.20 bits per heavy atom. The van der Waals surface area contributed by atoms with E-state index in [1.807, 2.05) is 6.92 Å². The lowest BCUT2D eigenvalue weighted by molar-refractivity contribution is 0.167. The zero-order valence-corrected chi connectivity index (χ0v) is 8.70. The summed E-state index contributed by atoms with van der Waals surface area (Å²) < 4.78 is 12.9. The summed E-state index contributed by atoms with van der Waals surface area (Å²) in [5, 5.41) is 21.2. The first-order valence-electron chi connectivity index (χ1n) is 4.99. The zero-order valence-electron chi connectivity index (χ0n) is 8.70. The van der Waals surface area contributed by atoms with Gasteiger partial charge in [-0.25, -0.2) is 4.39 Å². The molecule has 0 fully saturated rings. The Morgan fingerprint density at radius 1 is 1.47 bits per heavy atom. The van der Waals surface area contributed by atoms with Crippen LogP contribution in [-0.2, 0) is 6.54 Å². The molecule has 0 heterocycles. The number of halogens is 1. The number of aliphatic hydroxyl groups is 1. The van der Waals surface area contributed by atoms with Gasteiger partial charge >= 0.3 is 0 Å². The molecule has 1 aromatic rings. The summed E-state index contributed by atoms with van der Waals surface area (Å²) in [6, 6.07) is 4.24. The highest BCUT2D eigenvalue weighted by Crippen LogP contribution is 2.15. The van der Waals surface area contributed by atoms with Crippen LogP contribution in [0.5, 0.6) is 5.75 Å². The third kappa shape index (κ3) is 3.85. The van der Waals surface area contributed by atoms with Crippen molar-refractivity contribution in [1.29, 1.82) is 0 Å². The van der Waals surface area contributed by atoms with Crippen LogP contribution in [0.4, 0.5) is 4.39 Å². The SMILES string of the molecule is CCC(O)CNCc1ccc(O)c(F)c1. The largest absolute Gasteiger partial charge is 0.505 e. The maximum absolute atomic E-state index is 12.9. The maximum atomic E-state index is 12.9. The van der Waals surface area contributed by atoms with Gasteiger partial charge in [0.05, 0.1) is 6.10 Å². The molecule has 0 aromatic heterocycles. The number of rotatable bonds is 5. The Morgan fingerprint density at radius 3 is 2.80 bits per heavy atom. The molecule has 1 aromatic carbocycles. The molecule has 0 radical (unpaired) electrons. The molecule has 0 spiro atoms. The van der Waals surface area contributed by atoms with Crippen molar-refractivity contribution in [2.75, 3.05) is 6.54 Å². The van der Waals surface area contributed by atoms with Crippen molar-refractivity contribution in [2.45, 2.75) is 26.0 Å². The molecule has 15 heavy (non-hydrogen) atoms. The minimum atomic E-state index is -0.620. The molecule has 0 aliphatic rings. The van der Waals surface area contributed by atoms with E-state index < -0.39 is 5.82 Å². The Bertz CT molecular complexity index is 317. The standard InChI is InChI=1S/C11H16FNO2/c1-2-9(14)7-13-6-8-3-4-11(15)10(12)5-8/h3-5,9,13-15H,2,6-7H2,1H3. The summed E-state index contributed by atoms with van der Waals surface area (Å²) in [5.41, 5.74) is 0.744. The second-order valence-corrected chi connectivity index (χ2v) is 3.48. The second-order valence-electron chi connectivity index (χ2n) is 3.48. The van der Waals surface area contributed by atoms with Crippen LogP contribution in [0.3, 0.4) is 0 Å². The molecule has 0 bridgehead atoms. The predicted molar refractivity (Wildman–Crippen MR) is 56.1 cm³/mol. The van der Waals surface area contributed by atoms with E-state index in [4.69, 9.17) is 5.11 Å². The van der Waals surface area contributed by atoms with E-state index in [0.717, 1.165) is 5.56 Å². The van der Waals surface area contributed by atoms with E-state index in [2.05, 4.69) is 5.32 Å². The second kappa shape index (κ2) is 5.68. The normalized spacial score (nSPS) is 12.7. The third-order valence-electron chi connectivity index (χ3n) is 2.19. The monoisotopic (exact) mass is 213 g/mol. The molecule has 0 saturated heterocycles. The molecular formula is C11H16FNO2. The van der Waals surface area contributed by atoms with Gasteiger partial charge in [0.2, 0.25) is 0 Å². The number of benzene rings is 1. The number of hydrogen-bond donors (Lipinski definition) is 3. The van der Waals surface area contributed by atoms with Crippen LogP contribution < -0.4 is 5.32 Å². The van der Waals surface area contributed by atoms with E-state index in [1.165, 1.54) is 12.1 Å². The zero-order chi connectivity index (χ0) is 11.3. The number of phenols is 1. The van der Waals surface area contributed by atoms with E-state index in [9.17, 15) is 9.50 Å². The molecule has 0 aliphatic carbocycles. The maximum Gasteiger partial charge on any atom is 0.165 e. The lowest BCUT2D eigenvalue weighted by Gasteiger charge is -2.09. The molecule has 1 atom stereocenters. The van der Waals surface area contributed by atoms with Crippen LogP contribution in [-0.4, -0.2) is 22.9 Å². The van der Waals surface area contributed by atoms with E-state index in [-0.39, 0.29) is 11.9 Å². The Hall–Kier alpha value is -1.13. The van der Waals surface area contributed by atoms with Crippen LogP contribution in [0.1, 0.15) is 18.9 Å². The van der Waals surface area contributed by atoms with Crippen LogP contribution in [0.15, 0.2) is 18.2 Å². The van der Waals surface area contributed by atoms with Gasteiger partial charge in [-0.05, 0) is 24.1 Å². The molecule has 1 unspecified atom stereocenters. The van der Waals surface area contributed by atoms with E-state index >= 15 is 0 Å². The molecule has 0 saturated carbocycles. The van der Waals surface area contributed by atoms with Gasteiger partial charge in [-0.1, -0.05) is 13.0 Å². The third-order valence-corrected chi connectivity index (χ3v) is 2.19. The highest BCUT2D eigenvalue weighted by molar-refractivity contribution is 5.27. The van der Waals surface area contributed by atoms with Gasteiger partial charge in [0.25, 0.3) is 0 Å². The molecule has 3 N–H and O–H groups in total. The van der Waals surface area contributed by atoms with Crippen molar-refractivity contribution in [2.24, 2.45) is 0 Å². The summed E-state index contributed by atoms with van der Waals surface area (Å²) in [4.78, 5) is 0. The number of aromatic hydroxyl groups is 1. The van der Waals surface area contributed by atoms with Crippen molar-refractivity contribution in [3.63, 3.8) is 0 Å². The first-order valence-corrected chi connectivity index (χ1v) is 4.99. The fourth-order valence-corrected chi connectivity index (χ4v) is 1.19. The van der Waals surface area contributed by atoms with Crippen LogP contribution >= 0.6 is 0 Å². The Balaban J connectivity index is 2.41. The summed E-state index contributed by atoms with van der Waals surface area (Å²) in [6.45, 7) is 2.86. The lowest BCUT2D eigenvalue weighted by Crippen LogP contribution is -2.25. The van der Waals surface area contributed by atoms with Crippen molar-refractivity contribution in [3.05, 3.63) is 29.6 Å². The Labute approximate surface area is 88.6 Å². The minimum Gasteiger partial charge on any atom is -0.505 e. The molecule has 0 amide bonds. The van der Waals surface area contributed by atoms with Crippen molar-refractivity contribution in [1.82, 2.24) is 5.32 Å². The van der Waals surface area contributed by atoms with Crippen LogP contribution in [0, 0.1) is 5.82 Å². The molecule has 3 nitrogen and oxygen atoms in total. The van der Waals surface area contributed by atoms with Crippen molar-refractivity contribution >= 4 is 0 Å². The number of phenolic OH excluding ortho intramolecular Hbond substituents is 1. The fraction of sp³-hybridized carbons (Fsp3) is 0.455. The Kier molecular flexibility index (Phi) is 4.52. The van der Waals surface area contributed by atoms with Gasteiger partial charge in [-0.3, -0.25) is 0 Å². The first kappa shape index (κ1) is 11.9. The summed E-state index contributed by atoms with van der Waals surface area (Å²) in [7, 11) is 0. The molecule has 84 valence electrons. The summed E-state index contributed by atoms with van der Waals surface area (Å²) in [5.74, 6) is -0.960. The molecular weight excluding hydrogens is 197 g/mol. The van der Waals surface area contributed by atoms with Crippen LogP contribution in [0.2, 0.25) is 0 Å². The average Bonchev–Trinajstić information content (AvgIpc) is 2.23. The van der Waals surface area contributed by atoms with Gasteiger partial charge in [0.1, 0.15) is 0 Å². The lowest BCUT2D eigenvalue weighted by atomic mass is 10.2. The summed E-state index contributed by atoms with van der Waals surface area (Å²) in [6.07, 6.45) is 0.323. The fourth-order valence-electron chi connectivity index (χ4n) is 1.19. The molecule has 1 rings (SSSR count). The topological polar surface area (TPSA) is 52.5 Å². The highest BCUT2D eigenvalue weighted by Gasteiger charge is 2.02. The molecule has 4 heteroatoms. The minimum absolute atomic E-state index is 0.340. The quantitative estimate of drug-likeness (QED) is 0.692. The predicted octanol–water partition coefficient (Wildman–Crippen LogP) is 1.39. The number of hydrogen-bond acceptors (Lipinski definition) is 3. The van der Waals surface area contributed by atoms with Crippen LogP contribution in [0.25, 0.3) is 0 Å². The highest BCUT2D eigenvalue weighted by atomic mass is 19.1.